The first-order valence-corrected chi connectivity index (χ1v) is 7.83. The van der Waals surface area contributed by atoms with E-state index in [-0.39, 0.29) is 6.61 Å². The lowest BCUT2D eigenvalue weighted by Crippen LogP contribution is -2.01. The van der Waals surface area contributed by atoms with E-state index >= 15 is 0 Å². The predicted molar refractivity (Wildman–Crippen MR) is 91.5 cm³/mol. The smallest absolute Gasteiger partial charge is 0.117 e. The molecule has 0 saturated carbocycles. The standard InChI is InChI=1S/C19H21N3O/c1-13(2)15-7-9-17(10-8-15)22-19(18(12-23)20-21-22)16-6-4-5-14(3)11-16/h4-11,13,23H,12H2,1-3H3. The van der Waals surface area contributed by atoms with E-state index in [4.69, 9.17) is 0 Å². The number of rotatable bonds is 4. The molecule has 0 amide bonds. The predicted octanol–water partition coefficient (Wildman–Crippen LogP) is 3.86. The second-order valence-corrected chi connectivity index (χ2v) is 6.07. The zero-order valence-corrected chi connectivity index (χ0v) is 13.7. The molecule has 3 aromatic rings. The Bertz CT molecular complexity index is 804. The van der Waals surface area contributed by atoms with E-state index in [1.54, 1.807) is 4.68 Å². The van der Waals surface area contributed by atoms with Crippen molar-refractivity contribution < 1.29 is 5.11 Å². The summed E-state index contributed by atoms with van der Waals surface area (Å²) in [4.78, 5) is 0. The minimum absolute atomic E-state index is 0.132. The SMILES string of the molecule is Cc1cccc(-c2c(CO)nnn2-c2ccc(C(C)C)cc2)c1. The molecule has 0 unspecified atom stereocenters. The van der Waals surface area contributed by atoms with Crippen molar-refractivity contribution in [2.75, 3.05) is 0 Å². The Balaban J connectivity index is 2.11. The second kappa shape index (κ2) is 6.34. The van der Waals surface area contributed by atoms with Gasteiger partial charge in [-0.05, 0) is 36.6 Å². The minimum atomic E-state index is -0.132. The monoisotopic (exact) mass is 307 g/mol. The van der Waals surface area contributed by atoms with Crippen LogP contribution in [-0.2, 0) is 6.61 Å². The normalized spacial score (nSPS) is 11.2. The fourth-order valence-corrected chi connectivity index (χ4v) is 2.68. The van der Waals surface area contributed by atoms with E-state index in [0.717, 1.165) is 22.5 Å². The highest BCUT2D eigenvalue weighted by atomic mass is 16.3. The molecule has 0 radical (unpaired) electrons. The van der Waals surface area contributed by atoms with Crippen LogP contribution >= 0.6 is 0 Å². The third-order valence-corrected chi connectivity index (χ3v) is 3.99. The van der Waals surface area contributed by atoms with E-state index in [0.29, 0.717) is 11.6 Å². The van der Waals surface area contributed by atoms with Crippen molar-refractivity contribution in [1.29, 1.82) is 0 Å². The molecule has 0 aliphatic heterocycles. The molecule has 3 rings (SSSR count). The molecule has 1 N–H and O–H groups in total. The van der Waals surface area contributed by atoms with E-state index < -0.39 is 0 Å². The summed E-state index contributed by atoms with van der Waals surface area (Å²) in [6.45, 7) is 6.26. The lowest BCUT2D eigenvalue weighted by Gasteiger charge is -2.10. The summed E-state index contributed by atoms with van der Waals surface area (Å²) < 4.78 is 1.80. The van der Waals surface area contributed by atoms with Crippen molar-refractivity contribution in [2.24, 2.45) is 0 Å². The molecule has 118 valence electrons. The lowest BCUT2D eigenvalue weighted by atomic mass is 10.0. The number of aryl methyl sites for hydroxylation is 1. The average Bonchev–Trinajstić information content (AvgIpc) is 2.99. The van der Waals surface area contributed by atoms with E-state index in [1.807, 2.05) is 37.3 Å². The first kappa shape index (κ1) is 15.4. The van der Waals surface area contributed by atoms with Gasteiger partial charge in [0.25, 0.3) is 0 Å². The van der Waals surface area contributed by atoms with Crippen molar-refractivity contribution in [3.8, 4) is 16.9 Å². The van der Waals surface area contributed by atoms with Crippen LogP contribution < -0.4 is 0 Å². The van der Waals surface area contributed by atoms with Gasteiger partial charge in [0, 0.05) is 5.56 Å². The van der Waals surface area contributed by atoms with Gasteiger partial charge in [0.15, 0.2) is 0 Å². The van der Waals surface area contributed by atoms with Crippen LogP contribution in [0.1, 0.15) is 36.6 Å². The molecule has 0 saturated heterocycles. The maximum absolute atomic E-state index is 9.61. The van der Waals surface area contributed by atoms with E-state index in [9.17, 15) is 5.11 Å². The molecule has 0 aliphatic carbocycles. The molecular weight excluding hydrogens is 286 g/mol. The van der Waals surface area contributed by atoms with Crippen molar-refractivity contribution in [3.63, 3.8) is 0 Å². The quantitative estimate of drug-likeness (QED) is 0.796. The molecule has 2 aromatic carbocycles. The fraction of sp³-hybridized carbons (Fsp3) is 0.263. The first-order chi connectivity index (χ1) is 11.1. The van der Waals surface area contributed by atoms with Gasteiger partial charge in [-0.1, -0.05) is 55.0 Å². The Hall–Kier alpha value is -2.46. The van der Waals surface area contributed by atoms with Crippen LogP contribution in [0.2, 0.25) is 0 Å². The highest BCUT2D eigenvalue weighted by molar-refractivity contribution is 5.65. The van der Waals surface area contributed by atoms with Crippen LogP contribution in [0.5, 0.6) is 0 Å². The average molecular weight is 307 g/mol. The van der Waals surface area contributed by atoms with Crippen molar-refractivity contribution in [1.82, 2.24) is 15.0 Å². The molecule has 4 heteroatoms. The van der Waals surface area contributed by atoms with Gasteiger partial charge in [0.1, 0.15) is 11.4 Å². The molecule has 0 fully saturated rings. The molecular formula is C19H21N3O. The summed E-state index contributed by atoms with van der Waals surface area (Å²) in [5, 5.41) is 18.0. The maximum Gasteiger partial charge on any atom is 0.117 e. The van der Waals surface area contributed by atoms with Crippen LogP contribution in [0.3, 0.4) is 0 Å². The topological polar surface area (TPSA) is 50.9 Å². The number of benzene rings is 2. The molecule has 0 spiro atoms. The first-order valence-electron chi connectivity index (χ1n) is 7.83. The van der Waals surface area contributed by atoms with Crippen molar-refractivity contribution >= 4 is 0 Å². The summed E-state index contributed by atoms with van der Waals surface area (Å²) in [6, 6.07) is 16.5. The molecule has 0 bridgehead atoms. The third kappa shape index (κ3) is 3.03. The zero-order chi connectivity index (χ0) is 16.4. The Morgan fingerprint density at radius 2 is 1.83 bits per heavy atom. The van der Waals surface area contributed by atoms with Gasteiger partial charge in [-0.3, -0.25) is 0 Å². The van der Waals surface area contributed by atoms with Crippen molar-refractivity contribution in [2.45, 2.75) is 33.3 Å². The van der Waals surface area contributed by atoms with Gasteiger partial charge in [0.05, 0.1) is 12.3 Å². The summed E-state index contributed by atoms with van der Waals surface area (Å²) in [6.07, 6.45) is 0. The highest BCUT2D eigenvalue weighted by Crippen LogP contribution is 2.27. The van der Waals surface area contributed by atoms with Gasteiger partial charge < -0.3 is 5.11 Å². The van der Waals surface area contributed by atoms with Gasteiger partial charge >= 0.3 is 0 Å². The highest BCUT2D eigenvalue weighted by Gasteiger charge is 2.16. The van der Waals surface area contributed by atoms with Gasteiger partial charge in [-0.15, -0.1) is 5.10 Å². The van der Waals surface area contributed by atoms with Gasteiger partial charge in [-0.25, -0.2) is 4.68 Å². The number of aliphatic hydroxyl groups is 1. The van der Waals surface area contributed by atoms with Crippen LogP contribution in [0.15, 0.2) is 48.5 Å². The number of aromatic nitrogens is 3. The van der Waals surface area contributed by atoms with Crippen molar-refractivity contribution in [3.05, 3.63) is 65.4 Å². The molecule has 0 atom stereocenters. The molecule has 1 aromatic heterocycles. The maximum atomic E-state index is 9.61. The lowest BCUT2D eigenvalue weighted by molar-refractivity contribution is 0.277. The summed E-state index contributed by atoms with van der Waals surface area (Å²) >= 11 is 0. The van der Waals surface area contributed by atoms with Crippen LogP contribution in [0, 0.1) is 6.92 Å². The Kier molecular flexibility index (Phi) is 4.26. The Morgan fingerprint density at radius 3 is 2.43 bits per heavy atom. The van der Waals surface area contributed by atoms with E-state index in [2.05, 4.69) is 42.4 Å². The number of aliphatic hydroxyl groups excluding tert-OH is 1. The number of hydrogen-bond acceptors (Lipinski definition) is 3. The molecule has 1 heterocycles. The Morgan fingerprint density at radius 1 is 1.09 bits per heavy atom. The zero-order valence-electron chi connectivity index (χ0n) is 13.7. The number of hydrogen-bond donors (Lipinski definition) is 1. The fourth-order valence-electron chi connectivity index (χ4n) is 2.68. The Labute approximate surface area is 136 Å². The molecule has 0 aliphatic rings. The second-order valence-electron chi connectivity index (χ2n) is 6.07. The summed E-state index contributed by atoms with van der Waals surface area (Å²) in [5.41, 5.74) is 5.82. The van der Waals surface area contributed by atoms with Crippen LogP contribution in [0.25, 0.3) is 16.9 Å². The summed E-state index contributed by atoms with van der Waals surface area (Å²) in [7, 11) is 0. The van der Waals surface area contributed by atoms with Crippen LogP contribution in [0.4, 0.5) is 0 Å². The minimum Gasteiger partial charge on any atom is -0.390 e. The van der Waals surface area contributed by atoms with Gasteiger partial charge in [-0.2, -0.15) is 0 Å². The van der Waals surface area contributed by atoms with Crippen LogP contribution in [-0.4, -0.2) is 20.1 Å². The molecule has 23 heavy (non-hydrogen) atoms. The van der Waals surface area contributed by atoms with Gasteiger partial charge in [0.2, 0.25) is 0 Å². The van der Waals surface area contributed by atoms with E-state index in [1.165, 1.54) is 5.56 Å². The number of nitrogens with zero attached hydrogens (tertiary/aromatic N) is 3. The third-order valence-electron chi connectivity index (χ3n) is 3.99. The molecule has 4 nitrogen and oxygen atoms in total. The largest absolute Gasteiger partial charge is 0.390 e. The summed E-state index contributed by atoms with van der Waals surface area (Å²) in [5.74, 6) is 0.490.